The second-order valence-electron chi connectivity index (χ2n) is 12.5. The number of likely N-dealkylation sites (tertiary alicyclic amines) is 1. The summed E-state index contributed by atoms with van der Waals surface area (Å²) < 4.78 is 6.91. The molecule has 3 fully saturated rings. The molecule has 8 nitrogen and oxygen atoms in total. The molecule has 6 atom stereocenters. The highest BCUT2D eigenvalue weighted by Gasteiger charge is 2.79. The first-order valence-electron chi connectivity index (χ1n) is 14.4. The van der Waals surface area contributed by atoms with Crippen molar-refractivity contribution in [1.29, 1.82) is 0 Å². The number of nitrogens with zero attached hydrogens (tertiary/aromatic N) is 3. The number of fused-ring (bicyclic) bond motifs is 1. The third-order valence-electron chi connectivity index (χ3n) is 9.12. The van der Waals surface area contributed by atoms with Gasteiger partial charge in [-0.05, 0) is 52.5 Å². The predicted molar refractivity (Wildman–Crippen MR) is 154 cm³/mol. The standard InChI is InChI=1S/C32H45N3O5/c1-8-18-33(20-23-14-12-11-13-15-23)27(37)24-25-28(38)35(22(4)21-36)26(29(39)34(19-9-2)30(5,6)7)32(25)17-16-31(24,10-3)40-32/h8-9,11-15,22,24-26,36H,1-2,10,16-21H2,3-7H3/t22-,24-,25+,26?,31+,32?/m1/s1. The lowest BCUT2D eigenvalue weighted by Gasteiger charge is -2.43. The lowest BCUT2D eigenvalue weighted by atomic mass is 9.64. The van der Waals surface area contributed by atoms with E-state index < -0.39 is 40.7 Å². The normalized spacial score (nSPS) is 29.7. The van der Waals surface area contributed by atoms with Crippen LogP contribution in [0.5, 0.6) is 0 Å². The molecule has 1 aromatic rings. The van der Waals surface area contributed by atoms with Crippen molar-refractivity contribution in [3.63, 3.8) is 0 Å². The van der Waals surface area contributed by atoms with Gasteiger partial charge in [-0.2, -0.15) is 0 Å². The van der Waals surface area contributed by atoms with E-state index in [9.17, 15) is 19.5 Å². The lowest BCUT2D eigenvalue weighted by molar-refractivity contribution is -0.160. The minimum Gasteiger partial charge on any atom is -0.394 e. The van der Waals surface area contributed by atoms with Crippen molar-refractivity contribution >= 4 is 17.7 Å². The first kappa shape index (κ1) is 30.0. The molecule has 1 N–H and O–H groups in total. The smallest absolute Gasteiger partial charge is 0.249 e. The van der Waals surface area contributed by atoms with Crippen molar-refractivity contribution in [1.82, 2.24) is 14.7 Å². The van der Waals surface area contributed by atoms with Gasteiger partial charge < -0.3 is 24.5 Å². The highest BCUT2D eigenvalue weighted by molar-refractivity contribution is 5.99. The van der Waals surface area contributed by atoms with E-state index >= 15 is 0 Å². The fourth-order valence-corrected chi connectivity index (χ4v) is 7.23. The summed E-state index contributed by atoms with van der Waals surface area (Å²) in [6, 6.07) is 8.18. The minimum atomic E-state index is -1.15. The van der Waals surface area contributed by atoms with Crippen LogP contribution < -0.4 is 0 Å². The SMILES string of the molecule is C=CCN(Cc1ccccc1)C(=O)[C@H]1[C@H]2C(=O)N([C@H](C)CO)C(C(=O)N(CC=C)C(C)(C)C)C23CC[C@]1(CC)O3. The van der Waals surface area contributed by atoms with Crippen molar-refractivity contribution in [2.24, 2.45) is 11.8 Å². The van der Waals surface area contributed by atoms with Crippen molar-refractivity contribution in [3.05, 3.63) is 61.2 Å². The predicted octanol–water partition coefficient (Wildman–Crippen LogP) is 3.55. The summed E-state index contributed by atoms with van der Waals surface area (Å²) >= 11 is 0. The molecular formula is C32H45N3O5. The third kappa shape index (κ3) is 4.69. The zero-order valence-corrected chi connectivity index (χ0v) is 24.6. The van der Waals surface area contributed by atoms with Gasteiger partial charge in [0.25, 0.3) is 0 Å². The Morgan fingerprint density at radius 3 is 2.35 bits per heavy atom. The molecule has 2 bridgehead atoms. The molecule has 0 radical (unpaired) electrons. The number of carbonyl (C=O) groups is 3. The molecule has 0 aromatic heterocycles. The summed E-state index contributed by atoms with van der Waals surface area (Å²) in [4.78, 5) is 48.3. The Morgan fingerprint density at radius 2 is 1.80 bits per heavy atom. The highest BCUT2D eigenvalue weighted by atomic mass is 16.5. The van der Waals surface area contributed by atoms with Crippen LogP contribution in [0.25, 0.3) is 0 Å². The Bertz CT molecular complexity index is 1150. The average Bonchev–Trinajstić information content (AvgIpc) is 3.53. The molecule has 218 valence electrons. The molecule has 4 rings (SSSR count). The topological polar surface area (TPSA) is 90.4 Å². The van der Waals surface area contributed by atoms with Gasteiger partial charge in [-0.3, -0.25) is 14.4 Å². The van der Waals surface area contributed by atoms with E-state index in [1.165, 1.54) is 4.90 Å². The molecule has 0 aliphatic carbocycles. The lowest BCUT2D eigenvalue weighted by Crippen LogP contribution is -2.61. The molecule has 40 heavy (non-hydrogen) atoms. The maximum Gasteiger partial charge on any atom is 0.249 e. The molecule has 2 unspecified atom stereocenters. The van der Waals surface area contributed by atoms with Crippen LogP contribution in [0.2, 0.25) is 0 Å². The van der Waals surface area contributed by atoms with E-state index in [1.54, 1.807) is 28.9 Å². The van der Waals surface area contributed by atoms with Gasteiger partial charge in [-0.15, -0.1) is 13.2 Å². The van der Waals surface area contributed by atoms with Crippen LogP contribution in [-0.2, 0) is 25.7 Å². The minimum absolute atomic E-state index is 0.158. The van der Waals surface area contributed by atoms with E-state index in [4.69, 9.17) is 4.74 Å². The number of carbonyl (C=O) groups excluding carboxylic acids is 3. The molecule has 8 heteroatoms. The van der Waals surface area contributed by atoms with Gasteiger partial charge in [0.1, 0.15) is 11.6 Å². The van der Waals surface area contributed by atoms with Gasteiger partial charge in [0.05, 0.1) is 30.1 Å². The summed E-state index contributed by atoms with van der Waals surface area (Å²) in [7, 11) is 0. The molecule has 3 amide bonds. The fraction of sp³-hybridized carbons (Fsp3) is 0.594. The molecule has 1 spiro atoms. The second kappa shape index (κ2) is 11.1. The van der Waals surface area contributed by atoms with Gasteiger partial charge >= 0.3 is 0 Å². The van der Waals surface area contributed by atoms with Gasteiger partial charge in [0.2, 0.25) is 17.7 Å². The van der Waals surface area contributed by atoms with E-state index in [0.29, 0.717) is 38.9 Å². The van der Waals surface area contributed by atoms with Crippen LogP contribution >= 0.6 is 0 Å². The quantitative estimate of drug-likeness (QED) is 0.425. The number of benzene rings is 1. The van der Waals surface area contributed by atoms with Gasteiger partial charge in [0.15, 0.2) is 0 Å². The fourth-order valence-electron chi connectivity index (χ4n) is 7.23. The van der Waals surface area contributed by atoms with E-state index in [-0.39, 0.29) is 24.3 Å². The molecule has 3 aliphatic heterocycles. The molecule has 0 saturated carbocycles. The number of ether oxygens (including phenoxy) is 1. The van der Waals surface area contributed by atoms with Crippen molar-refractivity contribution in [2.45, 2.75) is 89.3 Å². The Morgan fingerprint density at radius 1 is 1.15 bits per heavy atom. The van der Waals surface area contributed by atoms with Crippen LogP contribution in [0.3, 0.4) is 0 Å². The maximum absolute atomic E-state index is 14.5. The van der Waals surface area contributed by atoms with Crippen LogP contribution in [0, 0.1) is 11.8 Å². The van der Waals surface area contributed by atoms with Crippen molar-refractivity contribution in [3.8, 4) is 0 Å². The van der Waals surface area contributed by atoms with E-state index in [0.717, 1.165) is 5.56 Å². The van der Waals surface area contributed by atoms with Crippen molar-refractivity contribution < 1.29 is 24.2 Å². The molecular weight excluding hydrogens is 506 g/mol. The largest absolute Gasteiger partial charge is 0.394 e. The summed E-state index contributed by atoms with van der Waals surface area (Å²) in [5, 5.41) is 10.2. The van der Waals surface area contributed by atoms with Gasteiger partial charge in [0, 0.05) is 25.2 Å². The van der Waals surface area contributed by atoms with Crippen LogP contribution in [-0.4, -0.2) is 86.0 Å². The number of hydrogen-bond donors (Lipinski definition) is 1. The molecule has 3 aliphatic rings. The molecule has 3 saturated heterocycles. The number of amides is 3. The third-order valence-corrected chi connectivity index (χ3v) is 9.12. The Balaban J connectivity index is 1.82. The summed E-state index contributed by atoms with van der Waals surface area (Å²) in [6.07, 6.45) is 5.01. The summed E-state index contributed by atoms with van der Waals surface area (Å²) in [6.45, 7) is 18.0. The summed E-state index contributed by atoms with van der Waals surface area (Å²) in [5.74, 6) is -2.25. The monoisotopic (exact) mass is 551 g/mol. The number of hydrogen-bond acceptors (Lipinski definition) is 5. The van der Waals surface area contributed by atoms with E-state index in [2.05, 4.69) is 13.2 Å². The number of aliphatic hydroxyl groups excluding tert-OH is 1. The van der Waals surface area contributed by atoms with Crippen LogP contribution in [0.4, 0.5) is 0 Å². The van der Waals surface area contributed by atoms with Gasteiger partial charge in [-0.25, -0.2) is 0 Å². The zero-order chi connectivity index (χ0) is 29.5. The zero-order valence-electron chi connectivity index (χ0n) is 24.6. The molecule has 1 aromatic carbocycles. The Kier molecular flexibility index (Phi) is 8.35. The Labute approximate surface area is 238 Å². The summed E-state index contributed by atoms with van der Waals surface area (Å²) in [5.41, 5.74) is -1.55. The molecule has 3 heterocycles. The average molecular weight is 552 g/mol. The highest BCUT2D eigenvalue weighted by Crippen LogP contribution is 2.65. The first-order chi connectivity index (χ1) is 18.9. The van der Waals surface area contributed by atoms with E-state index in [1.807, 2.05) is 58.0 Å². The first-order valence-corrected chi connectivity index (χ1v) is 14.4. The van der Waals surface area contributed by atoms with Crippen molar-refractivity contribution in [2.75, 3.05) is 19.7 Å². The number of rotatable bonds is 11. The number of aliphatic hydroxyl groups is 1. The van der Waals surface area contributed by atoms with Crippen LogP contribution in [0.15, 0.2) is 55.6 Å². The van der Waals surface area contributed by atoms with Gasteiger partial charge in [-0.1, -0.05) is 49.4 Å². The Hall–Kier alpha value is -2.97. The maximum atomic E-state index is 14.5. The second-order valence-corrected chi connectivity index (χ2v) is 12.5. The van der Waals surface area contributed by atoms with Crippen LogP contribution in [0.1, 0.15) is 59.4 Å².